The normalized spacial score (nSPS) is 10.6. The molecule has 2 rings (SSSR count). The maximum Gasteiger partial charge on any atom is 0.215 e. The highest BCUT2D eigenvalue weighted by atomic mass is 19.1. The average Bonchev–Trinajstić information content (AvgIpc) is 2.19. The van der Waals surface area contributed by atoms with Crippen LogP contribution in [0, 0.1) is 26.6 Å². The van der Waals surface area contributed by atoms with Gasteiger partial charge >= 0.3 is 0 Å². The van der Waals surface area contributed by atoms with Gasteiger partial charge in [0.25, 0.3) is 0 Å². The van der Waals surface area contributed by atoms with Gasteiger partial charge in [-0.3, -0.25) is 0 Å². The Morgan fingerprint density at radius 3 is 2.29 bits per heavy atom. The second kappa shape index (κ2) is 4.28. The lowest BCUT2D eigenvalue weighted by Gasteiger charge is -2.08. The Morgan fingerprint density at radius 1 is 1.00 bits per heavy atom. The quantitative estimate of drug-likeness (QED) is 0.662. The lowest BCUT2D eigenvalue weighted by atomic mass is 9.99. The lowest BCUT2D eigenvalue weighted by Crippen LogP contribution is -2.32. The second-order valence-corrected chi connectivity index (χ2v) is 4.62. The average molecular weight is 230 g/mol. The minimum absolute atomic E-state index is 0.196. The first kappa shape index (κ1) is 11.8. The molecule has 17 heavy (non-hydrogen) atoms. The van der Waals surface area contributed by atoms with E-state index in [1.165, 1.54) is 17.3 Å². The fraction of sp³-hybridized carbons (Fsp3) is 0.267. The summed E-state index contributed by atoms with van der Waals surface area (Å²) in [7, 11) is 1.88. The van der Waals surface area contributed by atoms with Crippen LogP contribution in [0.4, 0.5) is 4.39 Å². The monoisotopic (exact) mass is 230 g/mol. The molecule has 0 saturated carbocycles. The van der Waals surface area contributed by atoms with Crippen LogP contribution >= 0.6 is 0 Å². The molecular formula is C15H17FN+. The van der Waals surface area contributed by atoms with E-state index < -0.39 is 0 Å². The molecule has 0 aliphatic rings. The van der Waals surface area contributed by atoms with Crippen LogP contribution in [0.15, 0.2) is 30.5 Å². The van der Waals surface area contributed by atoms with Crippen molar-refractivity contribution < 1.29 is 8.96 Å². The molecule has 2 heteroatoms. The van der Waals surface area contributed by atoms with Crippen LogP contribution in [-0.2, 0) is 7.05 Å². The van der Waals surface area contributed by atoms with Gasteiger partial charge in [-0.15, -0.1) is 0 Å². The molecule has 1 aromatic heterocycles. The van der Waals surface area contributed by atoms with Crippen LogP contribution < -0.4 is 4.57 Å². The van der Waals surface area contributed by atoms with E-state index in [0.717, 1.165) is 16.8 Å². The van der Waals surface area contributed by atoms with Gasteiger partial charge in [-0.05, 0) is 38.5 Å². The maximum absolute atomic E-state index is 13.3. The Morgan fingerprint density at radius 2 is 1.71 bits per heavy atom. The molecule has 0 aliphatic heterocycles. The van der Waals surface area contributed by atoms with Crippen LogP contribution in [0.1, 0.15) is 16.7 Å². The largest absolute Gasteiger partial charge is 0.215 e. The first-order valence-corrected chi connectivity index (χ1v) is 5.72. The Hall–Kier alpha value is -1.70. The summed E-state index contributed by atoms with van der Waals surface area (Å²) in [5.41, 5.74) is 5.66. The highest BCUT2D eigenvalue weighted by Gasteiger charge is 2.17. The molecule has 1 aromatic carbocycles. The Kier molecular flexibility index (Phi) is 2.97. The van der Waals surface area contributed by atoms with E-state index in [1.54, 1.807) is 6.07 Å². The van der Waals surface area contributed by atoms with Crippen molar-refractivity contribution in [3.63, 3.8) is 0 Å². The number of nitrogens with zero attached hydrogens (tertiary/aromatic N) is 1. The SMILES string of the molecule is Cc1ccc(-c2c(C)cc(F)c[n+]2C)c(C)c1. The van der Waals surface area contributed by atoms with Crippen LogP contribution in [0.3, 0.4) is 0 Å². The van der Waals surface area contributed by atoms with Crippen molar-refractivity contribution in [3.8, 4) is 11.3 Å². The minimum Gasteiger partial charge on any atom is -0.200 e. The minimum atomic E-state index is -0.196. The maximum atomic E-state index is 13.3. The molecule has 0 radical (unpaired) electrons. The molecule has 0 spiro atoms. The van der Waals surface area contributed by atoms with Crippen LogP contribution in [0.25, 0.3) is 11.3 Å². The third-order valence-corrected chi connectivity index (χ3v) is 3.03. The van der Waals surface area contributed by atoms with E-state index >= 15 is 0 Å². The van der Waals surface area contributed by atoms with Gasteiger partial charge < -0.3 is 0 Å². The molecule has 0 unspecified atom stereocenters. The summed E-state index contributed by atoms with van der Waals surface area (Å²) in [6.07, 6.45) is 1.52. The lowest BCUT2D eigenvalue weighted by molar-refractivity contribution is -0.662. The zero-order valence-electron chi connectivity index (χ0n) is 10.7. The third-order valence-electron chi connectivity index (χ3n) is 3.03. The van der Waals surface area contributed by atoms with Gasteiger partial charge in [0, 0.05) is 11.1 Å². The Balaban J connectivity index is 2.68. The molecule has 0 N–H and O–H groups in total. The zero-order chi connectivity index (χ0) is 12.6. The molecule has 0 fully saturated rings. The van der Waals surface area contributed by atoms with Crippen LogP contribution in [0.5, 0.6) is 0 Å². The molecule has 0 atom stereocenters. The van der Waals surface area contributed by atoms with E-state index in [0.29, 0.717) is 0 Å². The molecule has 0 saturated heterocycles. The van der Waals surface area contributed by atoms with Crippen LogP contribution in [-0.4, -0.2) is 0 Å². The van der Waals surface area contributed by atoms with Crippen molar-refractivity contribution >= 4 is 0 Å². The van der Waals surface area contributed by atoms with Gasteiger partial charge in [-0.25, -0.2) is 4.39 Å². The topological polar surface area (TPSA) is 3.88 Å². The van der Waals surface area contributed by atoms with E-state index in [9.17, 15) is 4.39 Å². The number of hydrogen-bond donors (Lipinski definition) is 0. The van der Waals surface area contributed by atoms with Gasteiger partial charge in [0.05, 0.1) is 0 Å². The van der Waals surface area contributed by atoms with Crippen LogP contribution in [0.2, 0.25) is 0 Å². The molecule has 0 amide bonds. The fourth-order valence-corrected chi connectivity index (χ4v) is 2.32. The number of pyridine rings is 1. The molecular weight excluding hydrogens is 213 g/mol. The summed E-state index contributed by atoms with van der Waals surface area (Å²) < 4.78 is 15.1. The van der Waals surface area contributed by atoms with Crippen molar-refractivity contribution in [1.82, 2.24) is 0 Å². The molecule has 2 aromatic rings. The van der Waals surface area contributed by atoms with Gasteiger partial charge in [-0.2, -0.15) is 4.57 Å². The number of aryl methyl sites for hydroxylation is 4. The smallest absolute Gasteiger partial charge is 0.200 e. The highest BCUT2D eigenvalue weighted by molar-refractivity contribution is 5.64. The number of rotatable bonds is 1. The van der Waals surface area contributed by atoms with Gasteiger partial charge in [0.15, 0.2) is 5.82 Å². The van der Waals surface area contributed by atoms with Crippen molar-refractivity contribution in [2.24, 2.45) is 7.05 Å². The molecule has 0 aliphatic carbocycles. The molecule has 1 heterocycles. The Labute approximate surface area is 102 Å². The predicted molar refractivity (Wildman–Crippen MR) is 67.2 cm³/mol. The number of hydrogen-bond acceptors (Lipinski definition) is 0. The summed E-state index contributed by atoms with van der Waals surface area (Å²) in [5.74, 6) is -0.196. The summed E-state index contributed by atoms with van der Waals surface area (Å²) >= 11 is 0. The van der Waals surface area contributed by atoms with E-state index in [-0.39, 0.29) is 5.82 Å². The van der Waals surface area contributed by atoms with E-state index in [4.69, 9.17) is 0 Å². The predicted octanol–water partition coefficient (Wildman–Crippen LogP) is 3.24. The first-order chi connectivity index (χ1) is 7.99. The third kappa shape index (κ3) is 2.21. The summed E-state index contributed by atoms with van der Waals surface area (Å²) in [6, 6.07) is 7.92. The fourth-order valence-electron chi connectivity index (χ4n) is 2.32. The molecule has 1 nitrogen and oxygen atoms in total. The highest BCUT2D eigenvalue weighted by Crippen LogP contribution is 2.24. The van der Waals surface area contributed by atoms with Gasteiger partial charge in [-0.1, -0.05) is 17.7 Å². The summed E-state index contributed by atoms with van der Waals surface area (Å²) in [5, 5.41) is 0. The molecule has 88 valence electrons. The zero-order valence-corrected chi connectivity index (χ0v) is 10.7. The molecule has 0 bridgehead atoms. The van der Waals surface area contributed by atoms with E-state index in [1.807, 2.05) is 18.5 Å². The van der Waals surface area contributed by atoms with E-state index in [2.05, 4.69) is 32.0 Å². The van der Waals surface area contributed by atoms with Gasteiger partial charge in [0.1, 0.15) is 7.05 Å². The van der Waals surface area contributed by atoms with Crippen molar-refractivity contribution in [1.29, 1.82) is 0 Å². The summed E-state index contributed by atoms with van der Waals surface area (Å²) in [4.78, 5) is 0. The second-order valence-electron chi connectivity index (χ2n) is 4.62. The number of halogens is 1. The summed E-state index contributed by atoms with van der Waals surface area (Å²) in [6.45, 7) is 6.11. The van der Waals surface area contributed by atoms with Crippen molar-refractivity contribution in [2.75, 3.05) is 0 Å². The number of aromatic nitrogens is 1. The van der Waals surface area contributed by atoms with Crippen molar-refractivity contribution in [2.45, 2.75) is 20.8 Å². The Bertz CT molecular complexity index is 550. The van der Waals surface area contributed by atoms with Crippen molar-refractivity contribution in [3.05, 3.63) is 53.0 Å². The number of benzene rings is 1. The first-order valence-electron chi connectivity index (χ1n) is 5.72. The standard InChI is InChI=1S/C15H17FN/c1-10-5-6-14(11(2)7-10)15-12(3)8-13(16)9-17(15)4/h5-9H,1-4H3/q+1. The van der Waals surface area contributed by atoms with Gasteiger partial charge in [0.2, 0.25) is 11.9 Å².